The van der Waals surface area contributed by atoms with Crippen LogP contribution in [-0.2, 0) is 38.8 Å². The van der Waals surface area contributed by atoms with Gasteiger partial charge < -0.3 is 10.2 Å². The lowest BCUT2D eigenvalue weighted by Crippen LogP contribution is -2.54. The number of carbonyl (C=O) groups is 2. The minimum atomic E-state index is -4.86. The topological polar surface area (TPSA) is 86.8 Å². The normalized spacial score (nSPS) is 13.2. The van der Waals surface area contributed by atoms with Crippen molar-refractivity contribution >= 4 is 55.1 Å². The molecule has 232 valence electrons. The number of halogens is 5. The highest BCUT2D eigenvalue weighted by Gasteiger charge is 2.36. The van der Waals surface area contributed by atoms with Crippen molar-refractivity contribution in [2.24, 2.45) is 0 Å². The molecule has 1 N–H and O–H groups in total. The first kappa shape index (κ1) is 34.4. The molecule has 7 nitrogen and oxygen atoms in total. The number of hydrogen-bond acceptors (Lipinski definition) is 4. The summed E-state index contributed by atoms with van der Waals surface area (Å²) in [5.74, 6) is -1.22. The van der Waals surface area contributed by atoms with Gasteiger partial charge in [-0.05, 0) is 54.8 Å². The highest BCUT2D eigenvalue weighted by Crippen LogP contribution is 2.37. The van der Waals surface area contributed by atoms with E-state index in [1.165, 1.54) is 4.90 Å². The Labute approximate surface area is 263 Å². The first-order chi connectivity index (χ1) is 20.1. The smallest absolute Gasteiger partial charge is 0.352 e. The molecule has 0 heterocycles. The van der Waals surface area contributed by atoms with Crippen LogP contribution in [-0.4, -0.2) is 50.0 Å². The van der Waals surface area contributed by atoms with Crippen LogP contribution in [0, 0.1) is 0 Å². The van der Waals surface area contributed by atoms with E-state index in [1.54, 1.807) is 48.5 Å². The number of sulfonamides is 1. The molecule has 0 aliphatic carbocycles. The van der Waals surface area contributed by atoms with Gasteiger partial charge in [0.15, 0.2) is 0 Å². The van der Waals surface area contributed by atoms with Crippen molar-refractivity contribution in [3.8, 4) is 0 Å². The van der Waals surface area contributed by atoms with Gasteiger partial charge in [0.25, 0.3) is 0 Å². The Morgan fingerprint density at radius 2 is 1.63 bits per heavy atom. The Morgan fingerprint density at radius 3 is 2.19 bits per heavy atom. The molecule has 0 saturated heterocycles. The van der Waals surface area contributed by atoms with Crippen LogP contribution in [0.15, 0.2) is 77.3 Å². The van der Waals surface area contributed by atoms with E-state index >= 15 is 0 Å². The summed E-state index contributed by atoms with van der Waals surface area (Å²) < 4.78 is 67.9. The van der Waals surface area contributed by atoms with Crippen LogP contribution in [0.1, 0.15) is 37.0 Å². The Kier molecular flexibility index (Phi) is 11.7. The van der Waals surface area contributed by atoms with Crippen molar-refractivity contribution in [1.82, 2.24) is 10.2 Å². The molecule has 3 aromatic rings. The van der Waals surface area contributed by atoms with Crippen LogP contribution >= 0.6 is 27.5 Å². The number of carbonyl (C=O) groups excluding carboxylic acids is 2. The highest BCUT2D eigenvalue weighted by molar-refractivity contribution is 9.10. The van der Waals surface area contributed by atoms with E-state index in [2.05, 4.69) is 21.2 Å². The predicted octanol–water partition coefficient (Wildman–Crippen LogP) is 6.44. The van der Waals surface area contributed by atoms with E-state index in [0.717, 1.165) is 28.4 Å². The molecular weight excluding hydrogens is 671 g/mol. The van der Waals surface area contributed by atoms with Crippen LogP contribution in [0.5, 0.6) is 0 Å². The van der Waals surface area contributed by atoms with Crippen LogP contribution in [0.4, 0.5) is 18.9 Å². The van der Waals surface area contributed by atoms with E-state index in [4.69, 9.17) is 11.6 Å². The quantitative estimate of drug-likeness (QED) is 0.236. The number of anilines is 1. The molecule has 0 aliphatic heterocycles. The molecule has 3 rings (SSSR count). The molecule has 0 spiro atoms. The van der Waals surface area contributed by atoms with Gasteiger partial charge in [-0.2, -0.15) is 13.2 Å². The van der Waals surface area contributed by atoms with Crippen molar-refractivity contribution in [3.63, 3.8) is 0 Å². The zero-order valence-corrected chi connectivity index (χ0v) is 26.9. The van der Waals surface area contributed by atoms with Gasteiger partial charge >= 0.3 is 6.18 Å². The van der Waals surface area contributed by atoms with Crippen LogP contribution < -0.4 is 9.62 Å². The lowest BCUT2D eigenvalue weighted by atomic mass is 10.0. The lowest BCUT2D eigenvalue weighted by Gasteiger charge is -2.34. The summed E-state index contributed by atoms with van der Waals surface area (Å²) in [7, 11) is -4.26. The summed E-state index contributed by atoms with van der Waals surface area (Å²) in [6.45, 7) is 2.80. The molecule has 0 saturated carbocycles. The maximum atomic E-state index is 14.1. The minimum absolute atomic E-state index is 0.0659. The summed E-state index contributed by atoms with van der Waals surface area (Å²) >= 11 is 9.12. The van der Waals surface area contributed by atoms with Crippen molar-refractivity contribution < 1.29 is 31.2 Å². The van der Waals surface area contributed by atoms with Gasteiger partial charge in [-0.15, -0.1) is 0 Å². The Balaban J connectivity index is 2.10. The molecule has 0 radical (unpaired) electrons. The molecule has 43 heavy (non-hydrogen) atoms. The van der Waals surface area contributed by atoms with Gasteiger partial charge in [0.2, 0.25) is 21.8 Å². The number of nitrogens with one attached hydrogen (secondary N) is 1. The molecule has 2 amide bonds. The first-order valence-electron chi connectivity index (χ1n) is 13.3. The van der Waals surface area contributed by atoms with Gasteiger partial charge in [0.05, 0.1) is 22.5 Å². The third-order valence-electron chi connectivity index (χ3n) is 6.76. The summed E-state index contributed by atoms with van der Waals surface area (Å²) in [6, 6.07) is 17.4. The lowest BCUT2D eigenvalue weighted by molar-refractivity contribution is -0.140. The number of benzene rings is 3. The van der Waals surface area contributed by atoms with Crippen LogP contribution in [0.25, 0.3) is 0 Å². The molecule has 3 aromatic carbocycles. The molecular formula is C30H32BrClF3N3O4S. The molecule has 0 bridgehead atoms. The second kappa shape index (κ2) is 14.6. The number of nitrogens with zero attached hydrogens (tertiary/aromatic N) is 2. The zero-order chi connectivity index (χ0) is 31.9. The second-order valence-corrected chi connectivity index (χ2v) is 13.3. The maximum absolute atomic E-state index is 14.1. The van der Waals surface area contributed by atoms with E-state index in [-0.39, 0.29) is 24.7 Å². The fraction of sp³-hybridized carbons (Fsp3) is 0.333. The van der Waals surface area contributed by atoms with Crippen molar-refractivity contribution in [1.29, 1.82) is 0 Å². The van der Waals surface area contributed by atoms with E-state index in [0.29, 0.717) is 22.4 Å². The average Bonchev–Trinajstić information content (AvgIpc) is 2.94. The standard InChI is InChI=1S/C30H32BrClF3N3O4S/c1-4-20(2)36-29(40)27(16-21-8-6-5-7-9-21)37(18-22-10-12-23(31)13-11-22)28(39)19-38(43(3,41)42)24-14-15-26(32)25(17-24)30(33,34)35/h5-15,17,20,27H,4,16,18-19H2,1-3H3,(H,36,40)/t20-,27-/m0/s1. The second-order valence-electron chi connectivity index (χ2n) is 10.1. The molecule has 13 heteroatoms. The molecule has 2 atom stereocenters. The van der Waals surface area contributed by atoms with E-state index < -0.39 is 51.2 Å². The van der Waals surface area contributed by atoms with Gasteiger partial charge in [0.1, 0.15) is 12.6 Å². The van der Waals surface area contributed by atoms with Crippen molar-refractivity contribution in [2.75, 3.05) is 17.1 Å². The average molecular weight is 703 g/mol. The Morgan fingerprint density at radius 1 is 1.00 bits per heavy atom. The van der Waals surface area contributed by atoms with Gasteiger partial charge in [-0.1, -0.05) is 76.9 Å². The zero-order valence-electron chi connectivity index (χ0n) is 23.7. The molecule has 0 aliphatic rings. The largest absolute Gasteiger partial charge is 0.417 e. The molecule has 0 fully saturated rings. The van der Waals surface area contributed by atoms with Crippen LogP contribution in [0.3, 0.4) is 0 Å². The number of rotatable bonds is 12. The predicted molar refractivity (Wildman–Crippen MR) is 165 cm³/mol. The monoisotopic (exact) mass is 701 g/mol. The molecule has 0 aromatic heterocycles. The highest BCUT2D eigenvalue weighted by atomic mass is 79.9. The van der Waals surface area contributed by atoms with Gasteiger partial charge in [-0.3, -0.25) is 13.9 Å². The summed E-state index contributed by atoms with van der Waals surface area (Å²) in [4.78, 5) is 29.0. The first-order valence-corrected chi connectivity index (χ1v) is 16.3. The number of amides is 2. The Bertz CT molecular complexity index is 1520. The number of hydrogen-bond donors (Lipinski definition) is 1. The van der Waals surface area contributed by atoms with E-state index in [9.17, 15) is 31.2 Å². The fourth-order valence-corrected chi connectivity index (χ4v) is 5.61. The van der Waals surface area contributed by atoms with Crippen molar-refractivity contribution in [3.05, 3.63) is 99.0 Å². The fourth-order valence-electron chi connectivity index (χ4n) is 4.28. The minimum Gasteiger partial charge on any atom is -0.352 e. The SMILES string of the molecule is CC[C@H](C)NC(=O)[C@H](Cc1ccccc1)N(Cc1ccc(Br)cc1)C(=O)CN(c1ccc(Cl)c(C(F)(F)F)c1)S(C)(=O)=O. The van der Waals surface area contributed by atoms with Crippen molar-refractivity contribution in [2.45, 2.75) is 51.5 Å². The Hall–Kier alpha value is -3.09. The summed E-state index contributed by atoms with van der Waals surface area (Å²) in [6.07, 6.45) is -3.32. The van der Waals surface area contributed by atoms with Gasteiger partial charge in [-0.25, -0.2) is 8.42 Å². The maximum Gasteiger partial charge on any atom is 0.417 e. The summed E-state index contributed by atoms with van der Waals surface area (Å²) in [5.41, 5.74) is -0.218. The molecule has 0 unspecified atom stereocenters. The third kappa shape index (κ3) is 9.70. The number of alkyl halides is 3. The summed E-state index contributed by atoms with van der Waals surface area (Å²) in [5, 5.41) is 2.30. The van der Waals surface area contributed by atoms with E-state index in [1.807, 2.05) is 19.9 Å². The van der Waals surface area contributed by atoms with Crippen LogP contribution in [0.2, 0.25) is 5.02 Å². The van der Waals surface area contributed by atoms with Gasteiger partial charge in [0, 0.05) is 23.5 Å². The third-order valence-corrected chi connectivity index (χ3v) is 8.76.